The predicted molar refractivity (Wildman–Crippen MR) is 89.0 cm³/mol. The van der Waals surface area contributed by atoms with Crippen molar-refractivity contribution >= 4 is 20.3 Å². The molecule has 0 heterocycles. The van der Waals surface area contributed by atoms with E-state index < -0.39 is 96.0 Å². The van der Waals surface area contributed by atoms with Gasteiger partial charge in [0, 0.05) is 0 Å². The third-order valence-electron chi connectivity index (χ3n) is 5.48. The van der Waals surface area contributed by atoms with Gasteiger partial charge in [-0.05, 0) is 0 Å². The van der Waals surface area contributed by atoms with E-state index in [1.807, 2.05) is 0 Å². The zero-order valence-electron chi connectivity index (χ0n) is 20.3. The quantitative estimate of drug-likeness (QED) is 0.140. The summed E-state index contributed by atoms with van der Waals surface area (Å²) in [5.41, 5.74) is 0. The molecule has 0 aliphatic carbocycles. The van der Waals surface area contributed by atoms with Crippen LogP contribution in [-0.2, 0) is 10.1 Å². The molecule has 0 saturated carbocycles. The van der Waals surface area contributed by atoms with Crippen LogP contribution in [0.2, 0.25) is 0 Å². The van der Waals surface area contributed by atoms with Gasteiger partial charge in [-0.1, -0.05) is 19.4 Å². The van der Waals surface area contributed by atoms with Crippen LogP contribution in [0.15, 0.2) is 0 Å². The van der Waals surface area contributed by atoms with Crippen LogP contribution < -0.4 is 0 Å². The summed E-state index contributed by atoms with van der Waals surface area (Å²) in [5, 5.41) is -18.6. The average molecular weight is 858 g/mol. The molecule has 0 aliphatic heterocycles. The highest BCUT2D eigenvalue weighted by molar-refractivity contribution is 8.46. The lowest BCUT2D eigenvalue weighted by Gasteiger charge is -2.51. The van der Waals surface area contributed by atoms with E-state index in [1.165, 1.54) is 0 Å². The Hall–Kier alpha value is -1.91. The van der Waals surface area contributed by atoms with Gasteiger partial charge in [-0.25, -0.2) is 0 Å². The standard InChI is InChI=1S/C13HF31O3S2/c14-1(15,2(16,17)4(20,21)6(24,25)8(28,29)10(32,33)12(36,37)48(45,46)47)3(18,19)5(22,23)7(26,27)9(30,31)11(34,35)13(38,39)49(40,41,42,43)44/h(H,45,46,47). The van der Waals surface area contributed by atoms with Gasteiger partial charge < -0.3 is 0 Å². The van der Waals surface area contributed by atoms with E-state index >= 15 is 0 Å². The van der Waals surface area contributed by atoms with Gasteiger partial charge in [-0.15, -0.1) is 0 Å². The minimum Gasteiger partial charge on any atom is -0.281 e. The van der Waals surface area contributed by atoms with Crippen LogP contribution >= 0.6 is 10.2 Å². The topological polar surface area (TPSA) is 54.4 Å². The zero-order chi connectivity index (χ0) is 41.4. The fraction of sp³-hybridized carbons (Fsp3) is 1.00. The lowest BCUT2D eigenvalue weighted by Crippen LogP contribution is -2.79. The highest BCUT2D eigenvalue weighted by Gasteiger charge is 3.03. The lowest BCUT2D eigenvalue weighted by molar-refractivity contribution is -0.479. The molecule has 0 atom stereocenters. The van der Waals surface area contributed by atoms with Crippen molar-refractivity contribution in [2.75, 3.05) is 0 Å². The van der Waals surface area contributed by atoms with E-state index in [-0.39, 0.29) is 0 Å². The first-order valence-electron chi connectivity index (χ1n) is 9.61. The zero-order valence-corrected chi connectivity index (χ0v) is 21.9. The summed E-state index contributed by atoms with van der Waals surface area (Å²) < 4.78 is 436. The van der Waals surface area contributed by atoms with Crippen LogP contribution in [0.25, 0.3) is 0 Å². The Morgan fingerprint density at radius 3 is 0.592 bits per heavy atom. The normalized spacial score (nSPS) is 18.7. The van der Waals surface area contributed by atoms with E-state index in [1.54, 1.807) is 0 Å². The first kappa shape index (κ1) is 47.1. The summed E-state index contributed by atoms with van der Waals surface area (Å²) in [4.78, 5) is 0. The summed E-state index contributed by atoms with van der Waals surface area (Å²) in [7, 11) is -22.4. The second-order valence-corrected chi connectivity index (χ2v) is 12.7. The maximum Gasteiger partial charge on any atom is 0.450 e. The lowest BCUT2D eigenvalue weighted by atomic mass is 9.84. The highest BCUT2D eigenvalue weighted by atomic mass is 32.5. The first-order chi connectivity index (χ1) is 20.0. The summed E-state index contributed by atoms with van der Waals surface area (Å²) in [6.45, 7) is 0. The minimum atomic E-state index is -13.9. The van der Waals surface area contributed by atoms with Gasteiger partial charge in [0.1, 0.15) is 0 Å². The monoisotopic (exact) mass is 858 g/mol. The van der Waals surface area contributed by atoms with E-state index in [0.29, 0.717) is 0 Å². The summed E-state index contributed by atoms with van der Waals surface area (Å²) in [6.07, 6.45) is 0. The van der Waals surface area contributed by atoms with Crippen molar-refractivity contribution in [2.45, 2.75) is 75.7 Å². The molecule has 0 spiro atoms. The Labute approximate surface area is 243 Å². The van der Waals surface area contributed by atoms with Crippen LogP contribution in [0, 0.1) is 0 Å². The minimum absolute atomic E-state index is 7.71. The average Bonchev–Trinajstić information content (AvgIpc) is 2.79. The second kappa shape index (κ2) is 9.94. The van der Waals surface area contributed by atoms with Crippen molar-refractivity contribution in [3.63, 3.8) is 0 Å². The molecule has 0 aromatic heterocycles. The Kier molecular flexibility index (Phi) is 9.55. The summed E-state index contributed by atoms with van der Waals surface area (Å²) in [6, 6.07) is 0. The van der Waals surface area contributed by atoms with E-state index in [9.17, 15) is 142 Å². The van der Waals surface area contributed by atoms with Crippen molar-refractivity contribution in [3.05, 3.63) is 0 Å². The molecule has 3 nitrogen and oxygen atoms in total. The molecule has 49 heavy (non-hydrogen) atoms. The summed E-state index contributed by atoms with van der Waals surface area (Å²) in [5.74, 6) is -110. The van der Waals surface area contributed by atoms with E-state index in [2.05, 4.69) is 0 Å². The van der Waals surface area contributed by atoms with Gasteiger partial charge in [0.25, 0.3) is 0 Å². The number of rotatable bonds is 14. The van der Waals surface area contributed by atoms with E-state index in [0.717, 1.165) is 0 Å². The molecule has 0 aromatic carbocycles. The largest absolute Gasteiger partial charge is 0.450 e. The molecular formula is C13HF31O3S2. The smallest absolute Gasteiger partial charge is 0.281 e. The number of hydrogen-bond acceptors (Lipinski definition) is 2. The Balaban J connectivity index is 7.77. The van der Waals surface area contributed by atoms with Crippen molar-refractivity contribution in [2.24, 2.45) is 0 Å². The molecule has 0 fully saturated rings. The van der Waals surface area contributed by atoms with Gasteiger partial charge in [0.2, 0.25) is 0 Å². The molecule has 0 radical (unpaired) electrons. The molecule has 0 rings (SSSR count). The van der Waals surface area contributed by atoms with Crippen molar-refractivity contribution in [3.8, 4) is 0 Å². The van der Waals surface area contributed by atoms with Gasteiger partial charge in [0.05, 0.1) is 0 Å². The van der Waals surface area contributed by atoms with Crippen LogP contribution in [0.1, 0.15) is 0 Å². The maximum absolute atomic E-state index is 13.9. The maximum atomic E-state index is 13.7. The van der Waals surface area contributed by atoms with Crippen molar-refractivity contribution in [1.29, 1.82) is 0 Å². The van der Waals surface area contributed by atoms with Crippen molar-refractivity contribution < 1.29 is 147 Å². The number of halogens is 31. The molecular weight excluding hydrogens is 857 g/mol. The van der Waals surface area contributed by atoms with Crippen LogP contribution in [0.3, 0.4) is 0 Å². The second-order valence-electron chi connectivity index (χ2n) is 8.80. The molecule has 0 unspecified atom stereocenters. The third kappa shape index (κ3) is 5.29. The number of alkyl halides is 26. The number of hydrogen-bond donors (Lipinski definition) is 1. The molecule has 36 heteroatoms. The van der Waals surface area contributed by atoms with E-state index in [4.69, 9.17) is 4.55 Å². The van der Waals surface area contributed by atoms with Gasteiger partial charge >= 0.3 is 96.0 Å². The van der Waals surface area contributed by atoms with Crippen LogP contribution in [0.4, 0.5) is 134 Å². The first-order valence-corrected chi connectivity index (χ1v) is 13.0. The molecule has 0 amide bonds. The molecule has 1 N–H and O–H groups in total. The van der Waals surface area contributed by atoms with Gasteiger partial charge in [0.15, 0.2) is 0 Å². The van der Waals surface area contributed by atoms with Crippen LogP contribution in [-0.4, -0.2) is 88.6 Å². The fourth-order valence-electron chi connectivity index (χ4n) is 2.54. The molecule has 0 aromatic rings. The predicted octanol–water partition coefficient (Wildman–Crippen LogP) is 10.3. The van der Waals surface area contributed by atoms with Crippen LogP contribution in [0.5, 0.6) is 0 Å². The Morgan fingerprint density at radius 2 is 0.449 bits per heavy atom. The van der Waals surface area contributed by atoms with Gasteiger partial charge in [-0.3, -0.25) is 4.55 Å². The SMILES string of the molecule is O=S(=O)(O)C(F)(F)C(F)(F)C(F)(F)C(F)(F)C(F)(F)C(F)(F)C(F)(F)C(F)(F)C(F)(F)C(F)(F)C(F)(F)C(F)(F)C(F)(F)S(F)(F)(F)(F)F. The Bertz CT molecular complexity index is 1400. The fourth-order valence-corrected chi connectivity index (χ4v) is 3.61. The highest BCUT2D eigenvalue weighted by Crippen LogP contribution is 3.06. The Morgan fingerprint density at radius 1 is 0.306 bits per heavy atom. The molecule has 300 valence electrons. The third-order valence-corrected chi connectivity index (χ3v) is 7.61. The summed E-state index contributed by atoms with van der Waals surface area (Å²) >= 11 is 0. The molecule has 0 aliphatic rings. The molecule has 0 bridgehead atoms. The van der Waals surface area contributed by atoms with Gasteiger partial charge in [-0.2, -0.15) is 123 Å². The van der Waals surface area contributed by atoms with Crippen molar-refractivity contribution in [1.82, 2.24) is 0 Å². The molecule has 0 saturated heterocycles.